The SMILES string of the molecule is CCCC(Nc1cccc(S(C)(=O)=O)c1[N+](=O)[O-])C(=O)O. The van der Waals surface area contributed by atoms with Crippen LogP contribution in [0.2, 0.25) is 0 Å². The summed E-state index contributed by atoms with van der Waals surface area (Å²) in [6.45, 7) is 1.78. The van der Waals surface area contributed by atoms with Gasteiger partial charge < -0.3 is 10.4 Å². The van der Waals surface area contributed by atoms with Crippen LogP contribution in [0.15, 0.2) is 23.1 Å². The normalized spacial score (nSPS) is 12.7. The third-order valence-electron chi connectivity index (χ3n) is 2.79. The smallest absolute Gasteiger partial charge is 0.326 e. The molecule has 21 heavy (non-hydrogen) atoms. The molecule has 0 heterocycles. The summed E-state index contributed by atoms with van der Waals surface area (Å²) in [6, 6.07) is 2.71. The van der Waals surface area contributed by atoms with E-state index in [1.165, 1.54) is 12.1 Å². The Morgan fingerprint density at radius 2 is 2.10 bits per heavy atom. The van der Waals surface area contributed by atoms with Crippen molar-refractivity contribution < 1.29 is 23.2 Å². The molecule has 0 aliphatic heterocycles. The average molecular weight is 316 g/mol. The van der Waals surface area contributed by atoms with Gasteiger partial charge in [0.2, 0.25) is 0 Å². The number of nitrogens with one attached hydrogen (secondary N) is 1. The minimum Gasteiger partial charge on any atom is -0.480 e. The Hall–Kier alpha value is -2.16. The van der Waals surface area contributed by atoms with E-state index in [-0.39, 0.29) is 12.1 Å². The van der Waals surface area contributed by atoms with Crippen LogP contribution in [0.5, 0.6) is 0 Å². The molecule has 1 atom stereocenters. The lowest BCUT2D eigenvalue weighted by molar-refractivity contribution is -0.386. The number of nitro benzene ring substituents is 1. The number of sulfone groups is 1. The highest BCUT2D eigenvalue weighted by Gasteiger charge is 2.28. The first-order chi connectivity index (χ1) is 9.68. The van der Waals surface area contributed by atoms with Gasteiger partial charge in [0, 0.05) is 6.26 Å². The third kappa shape index (κ3) is 4.15. The van der Waals surface area contributed by atoms with Gasteiger partial charge in [0.1, 0.15) is 16.6 Å². The van der Waals surface area contributed by atoms with E-state index < -0.39 is 37.4 Å². The van der Waals surface area contributed by atoms with Gasteiger partial charge in [0.15, 0.2) is 9.84 Å². The molecule has 8 nitrogen and oxygen atoms in total. The van der Waals surface area contributed by atoms with Crippen LogP contribution < -0.4 is 5.32 Å². The second kappa shape index (κ2) is 6.53. The first kappa shape index (κ1) is 16.9. The minimum absolute atomic E-state index is 0.122. The predicted molar refractivity (Wildman–Crippen MR) is 76.2 cm³/mol. The Kier molecular flexibility index (Phi) is 5.25. The first-order valence-electron chi connectivity index (χ1n) is 6.15. The number of nitrogens with zero attached hydrogens (tertiary/aromatic N) is 1. The molecule has 1 aromatic rings. The molecule has 0 aliphatic rings. The second-order valence-electron chi connectivity index (χ2n) is 4.51. The Morgan fingerprint density at radius 3 is 2.52 bits per heavy atom. The zero-order valence-corrected chi connectivity index (χ0v) is 12.4. The van der Waals surface area contributed by atoms with Crippen LogP contribution in [0.1, 0.15) is 19.8 Å². The van der Waals surface area contributed by atoms with Crippen molar-refractivity contribution in [2.24, 2.45) is 0 Å². The van der Waals surface area contributed by atoms with Gasteiger partial charge in [-0.3, -0.25) is 10.1 Å². The summed E-state index contributed by atoms with van der Waals surface area (Å²) in [5.74, 6) is -1.16. The molecule has 2 N–H and O–H groups in total. The second-order valence-corrected chi connectivity index (χ2v) is 6.49. The number of carbonyl (C=O) groups is 1. The number of rotatable bonds is 7. The summed E-state index contributed by atoms with van der Waals surface area (Å²) >= 11 is 0. The van der Waals surface area contributed by atoms with E-state index in [9.17, 15) is 23.3 Å². The van der Waals surface area contributed by atoms with E-state index >= 15 is 0 Å². The summed E-state index contributed by atoms with van der Waals surface area (Å²) < 4.78 is 23.2. The number of nitro groups is 1. The van der Waals surface area contributed by atoms with Crippen molar-refractivity contribution in [1.82, 2.24) is 0 Å². The monoisotopic (exact) mass is 316 g/mol. The summed E-state index contributed by atoms with van der Waals surface area (Å²) in [4.78, 5) is 21.0. The van der Waals surface area contributed by atoms with Crippen molar-refractivity contribution in [3.8, 4) is 0 Å². The molecule has 0 radical (unpaired) electrons. The van der Waals surface area contributed by atoms with Crippen LogP contribution in [0.25, 0.3) is 0 Å². The molecule has 0 saturated heterocycles. The molecular formula is C12H16N2O6S. The van der Waals surface area contributed by atoms with E-state index in [0.717, 1.165) is 12.3 Å². The maximum atomic E-state index is 11.6. The van der Waals surface area contributed by atoms with E-state index in [0.29, 0.717) is 6.42 Å². The Labute approximate surface area is 121 Å². The Morgan fingerprint density at radius 1 is 1.48 bits per heavy atom. The molecular weight excluding hydrogens is 300 g/mol. The van der Waals surface area contributed by atoms with Crippen LogP contribution in [0, 0.1) is 10.1 Å². The fourth-order valence-electron chi connectivity index (χ4n) is 1.86. The van der Waals surface area contributed by atoms with Crippen LogP contribution in [-0.4, -0.2) is 36.7 Å². The number of benzene rings is 1. The van der Waals surface area contributed by atoms with Crippen LogP contribution in [0.4, 0.5) is 11.4 Å². The summed E-state index contributed by atoms with van der Waals surface area (Å²) in [5, 5.41) is 22.8. The summed E-state index contributed by atoms with van der Waals surface area (Å²) in [7, 11) is -3.80. The molecule has 0 saturated carbocycles. The molecule has 1 rings (SSSR count). The van der Waals surface area contributed by atoms with Crippen molar-refractivity contribution in [2.45, 2.75) is 30.7 Å². The number of hydrogen-bond acceptors (Lipinski definition) is 6. The predicted octanol–water partition coefficient (Wildman–Crippen LogP) is 1.66. The van der Waals surface area contributed by atoms with Gasteiger partial charge in [-0.15, -0.1) is 0 Å². The molecule has 1 unspecified atom stereocenters. The van der Waals surface area contributed by atoms with E-state index in [2.05, 4.69) is 5.32 Å². The molecule has 9 heteroatoms. The van der Waals surface area contributed by atoms with Gasteiger partial charge in [-0.2, -0.15) is 0 Å². The summed E-state index contributed by atoms with van der Waals surface area (Å²) in [5.41, 5.74) is -0.758. The highest BCUT2D eigenvalue weighted by Crippen LogP contribution is 2.32. The minimum atomic E-state index is -3.80. The zero-order valence-electron chi connectivity index (χ0n) is 11.6. The molecule has 1 aromatic carbocycles. The third-order valence-corrected chi connectivity index (χ3v) is 3.91. The maximum absolute atomic E-state index is 11.6. The highest BCUT2D eigenvalue weighted by atomic mass is 32.2. The molecule has 0 amide bonds. The van der Waals surface area contributed by atoms with E-state index in [1.807, 2.05) is 0 Å². The molecule has 116 valence electrons. The zero-order chi connectivity index (χ0) is 16.2. The van der Waals surface area contributed by atoms with Gasteiger partial charge >= 0.3 is 11.7 Å². The quantitative estimate of drug-likeness (QED) is 0.578. The number of carboxylic acid groups (broad SMARTS) is 1. The fourth-order valence-corrected chi connectivity index (χ4v) is 2.72. The van der Waals surface area contributed by atoms with Gasteiger partial charge in [-0.25, -0.2) is 13.2 Å². The Balaban J connectivity index is 3.37. The topological polar surface area (TPSA) is 127 Å². The van der Waals surface area contributed by atoms with Crippen molar-refractivity contribution in [1.29, 1.82) is 0 Å². The number of anilines is 1. The van der Waals surface area contributed by atoms with Crippen LogP contribution >= 0.6 is 0 Å². The number of hydrogen-bond donors (Lipinski definition) is 2. The van der Waals surface area contributed by atoms with Crippen molar-refractivity contribution >= 4 is 27.2 Å². The number of para-hydroxylation sites is 1. The van der Waals surface area contributed by atoms with Crippen molar-refractivity contribution in [3.05, 3.63) is 28.3 Å². The van der Waals surface area contributed by atoms with Crippen LogP contribution in [0.3, 0.4) is 0 Å². The van der Waals surface area contributed by atoms with Crippen molar-refractivity contribution in [3.63, 3.8) is 0 Å². The largest absolute Gasteiger partial charge is 0.480 e. The lowest BCUT2D eigenvalue weighted by atomic mass is 10.1. The standard InChI is InChI=1S/C12H16N2O6S/c1-3-5-9(12(15)16)13-8-6-4-7-10(21(2,19)20)11(8)14(17)18/h4,6-7,9,13H,3,5H2,1-2H3,(H,15,16). The molecule has 0 aliphatic carbocycles. The van der Waals surface area contributed by atoms with Crippen molar-refractivity contribution in [2.75, 3.05) is 11.6 Å². The molecule has 0 aromatic heterocycles. The molecule has 0 spiro atoms. The fraction of sp³-hybridized carbons (Fsp3) is 0.417. The van der Waals surface area contributed by atoms with Gasteiger partial charge in [0.25, 0.3) is 0 Å². The van der Waals surface area contributed by atoms with Gasteiger partial charge in [-0.05, 0) is 18.6 Å². The number of carboxylic acids is 1. The van der Waals surface area contributed by atoms with Gasteiger partial charge in [-0.1, -0.05) is 19.4 Å². The molecule has 0 fully saturated rings. The first-order valence-corrected chi connectivity index (χ1v) is 8.04. The number of aliphatic carboxylic acids is 1. The highest BCUT2D eigenvalue weighted by molar-refractivity contribution is 7.90. The van der Waals surface area contributed by atoms with Crippen LogP contribution in [-0.2, 0) is 14.6 Å². The lowest BCUT2D eigenvalue weighted by Crippen LogP contribution is -2.29. The average Bonchev–Trinajstić information content (AvgIpc) is 2.36. The van der Waals surface area contributed by atoms with E-state index in [1.54, 1.807) is 6.92 Å². The molecule has 0 bridgehead atoms. The van der Waals surface area contributed by atoms with Gasteiger partial charge in [0.05, 0.1) is 4.92 Å². The maximum Gasteiger partial charge on any atom is 0.326 e. The lowest BCUT2D eigenvalue weighted by Gasteiger charge is -2.15. The Bertz CT molecular complexity index is 656. The summed E-state index contributed by atoms with van der Waals surface area (Å²) in [6.07, 6.45) is 1.68. The van der Waals surface area contributed by atoms with E-state index in [4.69, 9.17) is 5.11 Å².